The number of aliphatic hydroxyl groups is 1. The molecule has 5 atom stereocenters. The quantitative estimate of drug-likeness (QED) is 0.631. The number of hydrogen-bond acceptors (Lipinski definition) is 3. The molecule has 0 aromatic heterocycles. The molecular weight excluding hydrogens is 288 g/mol. The van der Waals surface area contributed by atoms with Crippen molar-refractivity contribution < 1.29 is 14.6 Å². The number of allylic oxidation sites excluding steroid dienone is 3. The lowest BCUT2D eigenvalue weighted by Gasteiger charge is -2.58. The molecule has 2 aliphatic carbocycles. The van der Waals surface area contributed by atoms with Crippen LogP contribution < -0.4 is 0 Å². The molecule has 0 amide bonds. The lowest BCUT2D eigenvalue weighted by atomic mass is 9.46. The number of ether oxygens (including phenoxy) is 1. The van der Waals surface area contributed by atoms with Gasteiger partial charge in [-0.25, -0.2) is 4.79 Å². The Labute approximate surface area is 139 Å². The maximum Gasteiger partial charge on any atom is 0.334 e. The Hall–Kier alpha value is -1.09. The van der Waals surface area contributed by atoms with Crippen LogP contribution in [0.25, 0.3) is 0 Å². The Morgan fingerprint density at radius 3 is 2.87 bits per heavy atom. The monoisotopic (exact) mass is 318 g/mol. The van der Waals surface area contributed by atoms with E-state index in [-0.39, 0.29) is 28.8 Å². The van der Waals surface area contributed by atoms with Crippen molar-refractivity contribution in [2.75, 3.05) is 6.61 Å². The van der Waals surface area contributed by atoms with Gasteiger partial charge in [0.1, 0.15) is 0 Å². The number of rotatable bonds is 3. The lowest BCUT2D eigenvalue weighted by molar-refractivity contribution is -0.138. The van der Waals surface area contributed by atoms with Gasteiger partial charge >= 0.3 is 5.97 Å². The second-order valence-electron chi connectivity index (χ2n) is 8.49. The number of hydrogen-bond donors (Lipinski definition) is 1. The number of carbonyl (C=O) groups excluding carboxylic acids is 1. The second-order valence-corrected chi connectivity index (χ2v) is 8.49. The molecule has 3 rings (SSSR count). The maximum absolute atomic E-state index is 12.0. The highest BCUT2D eigenvalue weighted by Crippen LogP contribution is 2.62. The van der Waals surface area contributed by atoms with E-state index in [1.165, 1.54) is 5.57 Å². The summed E-state index contributed by atoms with van der Waals surface area (Å²) in [6.45, 7) is 9.32. The van der Waals surface area contributed by atoms with E-state index >= 15 is 0 Å². The number of aliphatic hydroxyl groups excluding tert-OH is 1. The molecule has 2 fully saturated rings. The van der Waals surface area contributed by atoms with E-state index in [4.69, 9.17) is 4.74 Å². The molecular formula is C20H30O3. The first-order valence-electron chi connectivity index (χ1n) is 8.97. The summed E-state index contributed by atoms with van der Waals surface area (Å²) in [5.74, 6) is 0.304. The van der Waals surface area contributed by atoms with E-state index in [9.17, 15) is 9.90 Å². The summed E-state index contributed by atoms with van der Waals surface area (Å²) in [4.78, 5) is 12.0. The van der Waals surface area contributed by atoms with Crippen LogP contribution in [0.2, 0.25) is 0 Å². The van der Waals surface area contributed by atoms with Gasteiger partial charge in [-0.05, 0) is 57.3 Å². The van der Waals surface area contributed by atoms with Crippen molar-refractivity contribution in [2.45, 2.75) is 65.9 Å². The summed E-state index contributed by atoms with van der Waals surface area (Å²) >= 11 is 0. The third-order valence-corrected chi connectivity index (χ3v) is 6.88. The van der Waals surface area contributed by atoms with E-state index in [0.717, 1.165) is 37.7 Å². The second kappa shape index (κ2) is 5.77. The Morgan fingerprint density at radius 1 is 1.43 bits per heavy atom. The third-order valence-electron chi connectivity index (χ3n) is 6.88. The van der Waals surface area contributed by atoms with Crippen molar-refractivity contribution in [2.24, 2.45) is 22.7 Å². The molecule has 1 aliphatic heterocycles. The van der Waals surface area contributed by atoms with Gasteiger partial charge in [-0.3, -0.25) is 0 Å². The molecule has 3 aliphatic rings. The van der Waals surface area contributed by atoms with Gasteiger partial charge in [-0.2, -0.15) is 0 Å². The minimum absolute atomic E-state index is 0.0619. The van der Waals surface area contributed by atoms with Gasteiger partial charge in [0.25, 0.3) is 0 Å². The molecule has 3 heteroatoms. The topological polar surface area (TPSA) is 46.5 Å². The largest absolute Gasteiger partial charge is 0.462 e. The maximum atomic E-state index is 12.0. The van der Waals surface area contributed by atoms with Crippen LogP contribution in [0.5, 0.6) is 0 Å². The van der Waals surface area contributed by atoms with Gasteiger partial charge in [0.15, 0.2) is 0 Å². The SMILES string of the molecule is CC(C)=CCC[C@]1(C)CC[C@@H](O)[C@@]2(C)C1CC=C1C(=O)OC[C@@H]12. The molecule has 0 spiro atoms. The molecule has 3 nitrogen and oxygen atoms in total. The fourth-order valence-electron chi connectivity index (χ4n) is 5.40. The normalized spacial score (nSPS) is 42.4. The summed E-state index contributed by atoms with van der Waals surface area (Å²) in [6, 6.07) is 0. The average molecular weight is 318 g/mol. The summed E-state index contributed by atoms with van der Waals surface area (Å²) < 4.78 is 5.32. The van der Waals surface area contributed by atoms with Crippen LogP contribution >= 0.6 is 0 Å². The van der Waals surface area contributed by atoms with Crippen molar-refractivity contribution >= 4 is 5.97 Å². The molecule has 0 radical (unpaired) electrons. The van der Waals surface area contributed by atoms with Crippen LogP contribution in [-0.4, -0.2) is 23.8 Å². The van der Waals surface area contributed by atoms with Crippen molar-refractivity contribution in [1.82, 2.24) is 0 Å². The molecule has 128 valence electrons. The van der Waals surface area contributed by atoms with Gasteiger partial charge < -0.3 is 9.84 Å². The summed E-state index contributed by atoms with van der Waals surface area (Å²) in [7, 11) is 0. The van der Waals surface area contributed by atoms with E-state index in [1.807, 2.05) is 0 Å². The van der Waals surface area contributed by atoms with Gasteiger partial charge in [0.2, 0.25) is 0 Å². The van der Waals surface area contributed by atoms with Gasteiger partial charge in [0.05, 0.1) is 12.7 Å². The molecule has 1 unspecified atom stereocenters. The van der Waals surface area contributed by atoms with Gasteiger partial charge in [-0.1, -0.05) is 31.6 Å². The summed E-state index contributed by atoms with van der Waals surface area (Å²) in [6.07, 6.45) is 9.11. The Bertz CT molecular complexity index is 557. The third kappa shape index (κ3) is 2.57. The molecule has 23 heavy (non-hydrogen) atoms. The predicted molar refractivity (Wildman–Crippen MR) is 90.8 cm³/mol. The number of carbonyl (C=O) groups is 1. The van der Waals surface area contributed by atoms with Gasteiger partial charge in [-0.15, -0.1) is 0 Å². The fraction of sp³-hybridized carbons (Fsp3) is 0.750. The van der Waals surface area contributed by atoms with Crippen LogP contribution in [0.3, 0.4) is 0 Å². The summed E-state index contributed by atoms with van der Waals surface area (Å²) in [5, 5.41) is 10.8. The van der Waals surface area contributed by atoms with Crippen LogP contribution in [0.15, 0.2) is 23.3 Å². The lowest BCUT2D eigenvalue weighted by Crippen LogP contribution is -2.56. The molecule has 1 heterocycles. The first-order chi connectivity index (χ1) is 10.8. The van der Waals surface area contributed by atoms with Crippen LogP contribution in [0, 0.1) is 22.7 Å². The standard InChI is InChI=1S/C20H30O3/c1-13(2)6-5-10-19(3)11-9-17(21)20(4)15-12-23-18(22)14(15)7-8-16(19)20/h6-7,15-17,21H,5,8-12H2,1-4H3/t15-,16?,17+,19+,20+/m0/s1. The molecule has 0 aromatic carbocycles. The smallest absolute Gasteiger partial charge is 0.334 e. The van der Waals surface area contributed by atoms with Crippen molar-refractivity contribution in [1.29, 1.82) is 0 Å². The molecule has 1 saturated carbocycles. The average Bonchev–Trinajstić information content (AvgIpc) is 2.86. The Balaban J connectivity index is 1.91. The number of esters is 1. The number of fused-ring (bicyclic) bond motifs is 3. The van der Waals surface area contributed by atoms with E-state index in [0.29, 0.717) is 12.5 Å². The molecule has 1 saturated heterocycles. The minimum atomic E-state index is -0.341. The highest BCUT2D eigenvalue weighted by Gasteiger charge is 2.60. The molecule has 1 N–H and O–H groups in total. The van der Waals surface area contributed by atoms with Crippen molar-refractivity contribution in [3.05, 3.63) is 23.3 Å². The van der Waals surface area contributed by atoms with E-state index in [2.05, 4.69) is 39.8 Å². The minimum Gasteiger partial charge on any atom is -0.462 e. The number of cyclic esters (lactones) is 1. The zero-order valence-corrected chi connectivity index (χ0v) is 14.9. The van der Waals surface area contributed by atoms with Crippen LogP contribution in [0.1, 0.15) is 59.8 Å². The highest BCUT2D eigenvalue weighted by molar-refractivity contribution is 5.91. The molecule has 0 bridgehead atoms. The highest BCUT2D eigenvalue weighted by atomic mass is 16.5. The fourth-order valence-corrected chi connectivity index (χ4v) is 5.40. The van der Waals surface area contributed by atoms with Crippen LogP contribution in [0.4, 0.5) is 0 Å². The van der Waals surface area contributed by atoms with Crippen molar-refractivity contribution in [3.63, 3.8) is 0 Å². The first-order valence-corrected chi connectivity index (χ1v) is 8.97. The predicted octanol–water partition coefficient (Wildman–Crippen LogP) is 4.02. The van der Waals surface area contributed by atoms with Crippen LogP contribution in [-0.2, 0) is 9.53 Å². The van der Waals surface area contributed by atoms with Gasteiger partial charge in [0, 0.05) is 16.9 Å². The van der Waals surface area contributed by atoms with E-state index < -0.39 is 0 Å². The Kier molecular flexibility index (Phi) is 4.20. The summed E-state index contributed by atoms with van der Waals surface area (Å²) in [5.41, 5.74) is 2.16. The van der Waals surface area contributed by atoms with E-state index in [1.54, 1.807) is 0 Å². The zero-order chi connectivity index (χ0) is 16.8. The molecule has 0 aromatic rings. The Morgan fingerprint density at radius 2 is 2.17 bits per heavy atom. The first kappa shape index (κ1) is 16.8. The zero-order valence-electron chi connectivity index (χ0n) is 14.9. The van der Waals surface area contributed by atoms with Crippen molar-refractivity contribution in [3.8, 4) is 0 Å².